The van der Waals surface area contributed by atoms with E-state index in [2.05, 4.69) is 44.0 Å². The smallest absolute Gasteiger partial charge is 0.0866 e. The molecule has 0 aromatic carbocycles. The van der Waals surface area contributed by atoms with E-state index in [0.717, 1.165) is 25.6 Å². The van der Waals surface area contributed by atoms with Crippen LogP contribution >= 0.6 is 0 Å². The van der Waals surface area contributed by atoms with Crippen molar-refractivity contribution < 1.29 is 0 Å². The first kappa shape index (κ1) is 14.5. The minimum Gasteiger partial charge on any atom is -0.312 e. The first-order valence-electron chi connectivity index (χ1n) is 6.85. The summed E-state index contributed by atoms with van der Waals surface area (Å²) in [5.74, 6) is 2.13. The Bertz CT molecular complexity index is 255. The molecule has 1 N–H and O–H groups in total. The Kier molecular flexibility index (Phi) is 5.94. The van der Waals surface area contributed by atoms with Gasteiger partial charge in [-0.1, -0.05) is 27.7 Å². The molecule has 1 aliphatic heterocycles. The van der Waals surface area contributed by atoms with Gasteiger partial charge in [0.2, 0.25) is 0 Å². The summed E-state index contributed by atoms with van der Waals surface area (Å²) in [6.45, 7) is 12.8. The summed E-state index contributed by atoms with van der Waals surface area (Å²) in [5.41, 5.74) is 0. The van der Waals surface area contributed by atoms with Crippen LogP contribution in [0.3, 0.4) is 0 Å². The van der Waals surface area contributed by atoms with E-state index in [-0.39, 0.29) is 0 Å². The molecule has 1 aliphatic rings. The molecule has 17 heavy (non-hydrogen) atoms. The lowest BCUT2D eigenvalue weighted by molar-refractivity contribution is 0.126. The van der Waals surface area contributed by atoms with Crippen molar-refractivity contribution in [3.63, 3.8) is 0 Å². The van der Waals surface area contributed by atoms with Crippen LogP contribution in [-0.2, 0) is 0 Å². The lowest BCUT2D eigenvalue weighted by Gasteiger charge is -2.39. The number of hydrogen-bond donors (Lipinski definition) is 1. The Morgan fingerprint density at radius 1 is 1.29 bits per heavy atom. The minimum absolute atomic E-state index is 0.562. The number of nitriles is 1. The Hall–Kier alpha value is -0.590. The zero-order valence-electron chi connectivity index (χ0n) is 11.7. The Morgan fingerprint density at radius 2 is 2.00 bits per heavy atom. The predicted octanol–water partition coefficient (Wildman–Crippen LogP) is 2.10. The van der Waals surface area contributed by atoms with E-state index in [1.54, 1.807) is 0 Å². The number of likely N-dealkylation sites (tertiary alicyclic amines) is 1. The van der Waals surface area contributed by atoms with Gasteiger partial charge in [-0.2, -0.15) is 5.26 Å². The molecule has 0 aromatic heterocycles. The molecule has 0 aliphatic carbocycles. The van der Waals surface area contributed by atoms with Gasteiger partial charge in [0.25, 0.3) is 0 Å². The van der Waals surface area contributed by atoms with Crippen molar-refractivity contribution >= 4 is 0 Å². The first-order chi connectivity index (χ1) is 8.02. The van der Waals surface area contributed by atoms with E-state index in [4.69, 9.17) is 5.26 Å². The monoisotopic (exact) mass is 237 g/mol. The largest absolute Gasteiger partial charge is 0.312 e. The topological polar surface area (TPSA) is 39.1 Å². The minimum atomic E-state index is 0.562. The molecule has 0 bridgehead atoms. The van der Waals surface area contributed by atoms with Crippen molar-refractivity contribution in [2.24, 2.45) is 17.8 Å². The van der Waals surface area contributed by atoms with Crippen molar-refractivity contribution in [3.8, 4) is 6.07 Å². The van der Waals surface area contributed by atoms with Gasteiger partial charge in [-0.25, -0.2) is 0 Å². The van der Waals surface area contributed by atoms with Gasteiger partial charge < -0.3 is 5.32 Å². The second kappa shape index (κ2) is 6.98. The van der Waals surface area contributed by atoms with E-state index >= 15 is 0 Å². The third kappa shape index (κ3) is 5.06. The second-order valence-electron chi connectivity index (χ2n) is 6.09. The van der Waals surface area contributed by atoms with Crippen LogP contribution in [0.1, 0.15) is 34.1 Å². The molecule has 1 saturated heterocycles. The second-order valence-corrected chi connectivity index (χ2v) is 6.09. The van der Waals surface area contributed by atoms with Crippen LogP contribution in [0.4, 0.5) is 0 Å². The Balaban J connectivity index is 2.50. The third-order valence-electron chi connectivity index (χ3n) is 3.61. The van der Waals surface area contributed by atoms with Crippen molar-refractivity contribution in [2.75, 3.05) is 26.2 Å². The van der Waals surface area contributed by atoms with E-state index < -0.39 is 0 Å². The van der Waals surface area contributed by atoms with Crippen LogP contribution in [0.2, 0.25) is 0 Å². The number of hydrogen-bond acceptors (Lipinski definition) is 3. The zero-order chi connectivity index (χ0) is 12.8. The first-order valence-corrected chi connectivity index (χ1v) is 6.85. The highest BCUT2D eigenvalue weighted by Crippen LogP contribution is 2.23. The highest BCUT2D eigenvalue weighted by molar-refractivity contribution is 4.88. The fourth-order valence-corrected chi connectivity index (χ4v) is 2.49. The lowest BCUT2D eigenvalue weighted by Crippen LogP contribution is -2.50. The molecule has 3 nitrogen and oxygen atoms in total. The van der Waals surface area contributed by atoms with Crippen molar-refractivity contribution in [1.82, 2.24) is 10.2 Å². The van der Waals surface area contributed by atoms with E-state index in [1.165, 1.54) is 6.42 Å². The molecule has 2 atom stereocenters. The summed E-state index contributed by atoms with van der Waals surface area (Å²) in [4.78, 5) is 2.30. The van der Waals surface area contributed by atoms with Crippen molar-refractivity contribution in [1.29, 1.82) is 5.26 Å². The predicted molar refractivity (Wildman–Crippen MR) is 71.6 cm³/mol. The number of nitrogens with zero attached hydrogens (tertiary/aromatic N) is 2. The summed E-state index contributed by atoms with van der Waals surface area (Å²) >= 11 is 0. The van der Waals surface area contributed by atoms with Crippen molar-refractivity contribution in [3.05, 3.63) is 0 Å². The molecule has 1 heterocycles. The molecule has 3 heteroatoms. The molecule has 2 unspecified atom stereocenters. The molecular weight excluding hydrogens is 210 g/mol. The third-order valence-corrected chi connectivity index (χ3v) is 3.61. The molecule has 1 fully saturated rings. The molecular formula is C14H27N3. The summed E-state index contributed by atoms with van der Waals surface area (Å²) in [5, 5.41) is 12.5. The van der Waals surface area contributed by atoms with Gasteiger partial charge in [0, 0.05) is 19.1 Å². The SMILES string of the molecule is CC(C)CNC1CC(C(C)C)CN(CC#N)C1. The molecule has 0 amide bonds. The van der Waals surface area contributed by atoms with Gasteiger partial charge in [-0.15, -0.1) is 0 Å². The Labute approximate surface area is 106 Å². The lowest BCUT2D eigenvalue weighted by atomic mass is 9.85. The van der Waals surface area contributed by atoms with Crippen molar-refractivity contribution in [2.45, 2.75) is 40.2 Å². The average molecular weight is 237 g/mol. The Morgan fingerprint density at radius 3 is 2.53 bits per heavy atom. The van der Waals surface area contributed by atoms with E-state index in [9.17, 15) is 0 Å². The van der Waals surface area contributed by atoms with Gasteiger partial charge in [-0.05, 0) is 30.7 Å². The van der Waals surface area contributed by atoms with E-state index in [0.29, 0.717) is 24.4 Å². The standard InChI is InChI=1S/C14H27N3/c1-11(2)8-16-14-7-13(12(3)4)9-17(10-14)6-5-15/h11-14,16H,6-10H2,1-4H3. The molecule has 0 spiro atoms. The summed E-state index contributed by atoms with van der Waals surface area (Å²) < 4.78 is 0. The molecule has 0 saturated carbocycles. The van der Waals surface area contributed by atoms with Gasteiger partial charge in [0.05, 0.1) is 12.6 Å². The quantitative estimate of drug-likeness (QED) is 0.744. The van der Waals surface area contributed by atoms with Gasteiger partial charge >= 0.3 is 0 Å². The van der Waals surface area contributed by atoms with Gasteiger partial charge in [0.15, 0.2) is 0 Å². The van der Waals surface area contributed by atoms with Crippen LogP contribution in [0.15, 0.2) is 0 Å². The van der Waals surface area contributed by atoms with Crippen LogP contribution in [0.5, 0.6) is 0 Å². The number of piperidine rings is 1. The summed E-state index contributed by atoms with van der Waals surface area (Å²) in [6, 6.07) is 2.84. The maximum absolute atomic E-state index is 8.84. The molecule has 1 rings (SSSR count). The van der Waals surface area contributed by atoms with Crippen LogP contribution in [0.25, 0.3) is 0 Å². The number of nitrogens with one attached hydrogen (secondary N) is 1. The fourth-order valence-electron chi connectivity index (χ4n) is 2.49. The molecule has 0 aromatic rings. The highest BCUT2D eigenvalue weighted by Gasteiger charge is 2.28. The fraction of sp³-hybridized carbons (Fsp3) is 0.929. The highest BCUT2D eigenvalue weighted by atomic mass is 15.2. The average Bonchev–Trinajstić information content (AvgIpc) is 2.26. The summed E-state index contributed by atoms with van der Waals surface area (Å²) in [6.07, 6.45) is 1.26. The zero-order valence-corrected chi connectivity index (χ0v) is 11.7. The van der Waals surface area contributed by atoms with Crippen LogP contribution < -0.4 is 5.32 Å². The molecule has 0 radical (unpaired) electrons. The number of rotatable bonds is 5. The van der Waals surface area contributed by atoms with Crippen LogP contribution in [0, 0.1) is 29.1 Å². The summed E-state index contributed by atoms with van der Waals surface area (Å²) in [7, 11) is 0. The van der Waals surface area contributed by atoms with Gasteiger partial charge in [0.1, 0.15) is 0 Å². The maximum Gasteiger partial charge on any atom is 0.0866 e. The molecule has 98 valence electrons. The normalized spacial score (nSPS) is 26.4. The van der Waals surface area contributed by atoms with E-state index in [1.807, 2.05) is 0 Å². The van der Waals surface area contributed by atoms with Gasteiger partial charge in [-0.3, -0.25) is 4.90 Å². The van der Waals surface area contributed by atoms with Crippen LogP contribution in [-0.4, -0.2) is 37.1 Å². The maximum atomic E-state index is 8.84.